The van der Waals surface area contributed by atoms with E-state index in [1.165, 1.54) is 28.6 Å². The highest BCUT2D eigenvalue weighted by atomic mass is 32.2. The zero-order chi connectivity index (χ0) is 18.7. The molecule has 1 aliphatic rings. The lowest BCUT2D eigenvalue weighted by molar-refractivity contribution is 0.361. The van der Waals surface area contributed by atoms with Crippen LogP contribution in [0.2, 0.25) is 0 Å². The number of benzene rings is 2. The fraction of sp³-hybridized carbons (Fsp3) is 0.316. The second-order valence-corrected chi connectivity index (χ2v) is 7.91. The number of methoxy groups -OCH3 is 2. The zero-order valence-corrected chi connectivity index (χ0v) is 15.5. The predicted octanol–water partition coefficient (Wildman–Crippen LogP) is 3.10. The van der Waals surface area contributed by atoms with Gasteiger partial charge in [0.15, 0.2) is 0 Å². The zero-order valence-electron chi connectivity index (χ0n) is 14.7. The number of hydrogen-bond acceptors (Lipinski definition) is 5. The Balaban J connectivity index is 1.98. The average molecular weight is 372 g/mol. The maximum Gasteiger partial charge on any atom is 0.243 e. The summed E-state index contributed by atoms with van der Waals surface area (Å²) in [7, 11) is -0.527. The molecule has 2 aromatic carbocycles. The quantitative estimate of drug-likeness (QED) is 0.806. The second kappa shape index (κ2) is 7.36. The summed E-state index contributed by atoms with van der Waals surface area (Å²) in [4.78, 5) is 0.191. The Kier molecular flexibility index (Phi) is 5.16. The molecular weight excluding hydrogens is 352 g/mol. The first-order valence-corrected chi connectivity index (χ1v) is 9.69. The lowest BCUT2D eigenvalue weighted by Gasteiger charge is -2.26. The van der Waals surface area contributed by atoms with Crippen molar-refractivity contribution >= 4 is 10.0 Å². The van der Waals surface area contributed by atoms with Gasteiger partial charge < -0.3 is 9.47 Å². The highest BCUT2D eigenvalue weighted by molar-refractivity contribution is 7.89. The van der Waals surface area contributed by atoms with Gasteiger partial charge in [-0.1, -0.05) is 6.07 Å². The van der Waals surface area contributed by atoms with Gasteiger partial charge in [-0.15, -0.1) is 0 Å². The second-order valence-electron chi connectivity index (χ2n) is 6.02. The minimum Gasteiger partial charge on any atom is -0.497 e. The summed E-state index contributed by atoms with van der Waals surface area (Å²) in [5.41, 5.74) is 1.25. The average Bonchev–Trinajstić information content (AvgIpc) is 3.18. The van der Waals surface area contributed by atoms with Gasteiger partial charge in [-0.25, -0.2) is 8.42 Å². The third kappa shape index (κ3) is 3.26. The molecule has 1 saturated heterocycles. The van der Waals surface area contributed by atoms with E-state index in [-0.39, 0.29) is 10.9 Å². The highest BCUT2D eigenvalue weighted by Gasteiger charge is 2.37. The van der Waals surface area contributed by atoms with Gasteiger partial charge in [0.2, 0.25) is 10.0 Å². The molecule has 3 rings (SSSR count). The van der Waals surface area contributed by atoms with Crippen molar-refractivity contribution in [1.82, 2.24) is 4.31 Å². The van der Waals surface area contributed by atoms with E-state index < -0.39 is 10.0 Å². The minimum atomic E-state index is -3.66. The van der Waals surface area contributed by atoms with Crippen LogP contribution < -0.4 is 9.47 Å². The van der Waals surface area contributed by atoms with Crippen molar-refractivity contribution in [3.63, 3.8) is 0 Å². The Bertz CT molecular complexity index is 933. The summed E-state index contributed by atoms with van der Waals surface area (Å²) < 4.78 is 38.4. The van der Waals surface area contributed by atoms with Crippen molar-refractivity contribution in [2.75, 3.05) is 20.8 Å². The van der Waals surface area contributed by atoms with E-state index in [0.717, 1.165) is 18.4 Å². The molecule has 7 heteroatoms. The Morgan fingerprint density at radius 1 is 1.12 bits per heavy atom. The van der Waals surface area contributed by atoms with Crippen LogP contribution in [0.3, 0.4) is 0 Å². The molecule has 1 atom stereocenters. The summed E-state index contributed by atoms with van der Waals surface area (Å²) in [6.07, 6.45) is 1.49. The summed E-state index contributed by atoms with van der Waals surface area (Å²) in [5.74, 6) is 1.27. The van der Waals surface area contributed by atoms with Crippen molar-refractivity contribution < 1.29 is 17.9 Å². The molecule has 1 unspecified atom stereocenters. The molecule has 0 bridgehead atoms. The van der Waals surface area contributed by atoms with E-state index in [0.29, 0.717) is 23.6 Å². The van der Waals surface area contributed by atoms with Crippen LogP contribution in [0.1, 0.15) is 30.0 Å². The van der Waals surface area contributed by atoms with Crippen LogP contribution in [0.15, 0.2) is 47.4 Å². The number of nitrogens with zero attached hydrogens (tertiary/aromatic N) is 2. The molecular formula is C19H20N2O4S. The summed E-state index contributed by atoms with van der Waals surface area (Å²) in [5, 5.41) is 8.90. The number of nitriles is 1. The Morgan fingerprint density at radius 3 is 2.46 bits per heavy atom. The fourth-order valence-corrected chi connectivity index (χ4v) is 4.94. The van der Waals surface area contributed by atoms with E-state index in [2.05, 4.69) is 0 Å². The lowest BCUT2D eigenvalue weighted by Crippen LogP contribution is -2.30. The Hall–Kier alpha value is -2.56. The van der Waals surface area contributed by atoms with Gasteiger partial charge in [0.25, 0.3) is 0 Å². The Morgan fingerprint density at radius 2 is 1.85 bits per heavy atom. The molecule has 6 nitrogen and oxygen atoms in total. The third-order valence-electron chi connectivity index (χ3n) is 4.59. The molecule has 0 saturated carbocycles. The molecule has 0 aliphatic carbocycles. The van der Waals surface area contributed by atoms with Gasteiger partial charge >= 0.3 is 0 Å². The molecule has 1 aliphatic heterocycles. The SMILES string of the molecule is COc1ccc(C2CCCN2S(=O)(=O)c2ccc(C#N)cc2)c(OC)c1. The fourth-order valence-electron chi connectivity index (χ4n) is 3.27. The van der Waals surface area contributed by atoms with Gasteiger partial charge in [-0.05, 0) is 43.2 Å². The van der Waals surface area contributed by atoms with Crippen LogP contribution in [0.4, 0.5) is 0 Å². The van der Waals surface area contributed by atoms with Crippen LogP contribution in [0.25, 0.3) is 0 Å². The number of sulfonamides is 1. The minimum absolute atomic E-state index is 0.191. The van der Waals surface area contributed by atoms with Crippen LogP contribution in [0.5, 0.6) is 11.5 Å². The molecule has 2 aromatic rings. The largest absolute Gasteiger partial charge is 0.497 e. The maximum atomic E-state index is 13.1. The molecule has 136 valence electrons. The number of hydrogen-bond donors (Lipinski definition) is 0. The monoisotopic (exact) mass is 372 g/mol. The Labute approximate surface area is 153 Å². The molecule has 0 aromatic heterocycles. The van der Waals surface area contributed by atoms with Gasteiger partial charge in [-0.2, -0.15) is 9.57 Å². The smallest absolute Gasteiger partial charge is 0.243 e. The molecule has 1 fully saturated rings. The van der Waals surface area contributed by atoms with Gasteiger partial charge in [0, 0.05) is 18.2 Å². The van der Waals surface area contributed by atoms with E-state index >= 15 is 0 Å². The van der Waals surface area contributed by atoms with Gasteiger partial charge in [0.1, 0.15) is 11.5 Å². The predicted molar refractivity (Wildman–Crippen MR) is 96.6 cm³/mol. The lowest BCUT2D eigenvalue weighted by atomic mass is 10.0. The summed E-state index contributed by atoms with van der Waals surface area (Å²) >= 11 is 0. The van der Waals surface area contributed by atoms with Gasteiger partial charge in [0.05, 0.1) is 36.8 Å². The number of ether oxygens (including phenoxy) is 2. The molecule has 0 spiro atoms. The van der Waals surface area contributed by atoms with Crippen LogP contribution in [0, 0.1) is 11.3 Å². The molecule has 1 heterocycles. The maximum absolute atomic E-state index is 13.1. The first kappa shape index (κ1) is 18.2. The topological polar surface area (TPSA) is 79.6 Å². The molecule has 26 heavy (non-hydrogen) atoms. The third-order valence-corrected chi connectivity index (χ3v) is 6.52. The van der Waals surface area contributed by atoms with Crippen molar-refractivity contribution in [3.05, 3.63) is 53.6 Å². The van der Waals surface area contributed by atoms with Crippen molar-refractivity contribution in [3.8, 4) is 17.6 Å². The van der Waals surface area contributed by atoms with E-state index in [9.17, 15) is 8.42 Å². The standard InChI is InChI=1S/C19H20N2O4S/c1-24-15-7-10-17(19(12-15)25-2)18-4-3-11-21(18)26(22,23)16-8-5-14(13-20)6-9-16/h5-10,12,18H,3-4,11H2,1-2H3. The summed E-state index contributed by atoms with van der Waals surface area (Å²) in [6.45, 7) is 0.447. The van der Waals surface area contributed by atoms with Crippen molar-refractivity contribution in [2.45, 2.75) is 23.8 Å². The molecule has 0 amide bonds. The summed E-state index contributed by atoms with van der Waals surface area (Å²) in [6, 6.07) is 13.1. The normalized spacial score (nSPS) is 17.7. The van der Waals surface area contributed by atoms with E-state index in [4.69, 9.17) is 14.7 Å². The number of rotatable bonds is 5. The van der Waals surface area contributed by atoms with Crippen molar-refractivity contribution in [1.29, 1.82) is 5.26 Å². The van der Waals surface area contributed by atoms with Crippen LogP contribution >= 0.6 is 0 Å². The highest BCUT2D eigenvalue weighted by Crippen LogP contribution is 2.41. The first-order valence-electron chi connectivity index (χ1n) is 8.25. The molecule has 0 N–H and O–H groups in total. The van der Waals surface area contributed by atoms with Crippen molar-refractivity contribution in [2.24, 2.45) is 0 Å². The van der Waals surface area contributed by atoms with Crippen LogP contribution in [-0.4, -0.2) is 33.5 Å². The molecule has 0 radical (unpaired) electrons. The van der Waals surface area contributed by atoms with Gasteiger partial charge in [-0.3, -0.25) is 0 Å². The van der Waals surface area contributed by atoms with E-state index in [1.54, 1.807) is 20.3 Å². The first-order chi connectivity index (χ1) is 12.5. The van der Waals surface area contributed by atoms with E-state index in [1.807, 2.05) is 18.2 Å². The van der Waals surface area contributed by atoms with Crippen LogP contribution in [-0.2, 0) is 10.0 Å².